The third-order valence-corrected chi connectivity index (χ3v) is 25.1. The number of para-hydroxylation sites is 2. The largest absolute Gasteiger partial charge is 0.515 e. The Kier molecular flexibility index (Phi) is 34.8. The van der Waals surface area contributed by atoms with E-state index in [1.807, 2.05) is 64.2 Å². The van der Waals surface area contributed by atoms with E-state index in [1.165, 1.54) is 45.0 Å². The van der Waals surface area contributed by atoms with Gasteiger partial charge in [0.05, 0.1) is 11.9 Å². The zero-order valence-electron chi connectivity index (χ0n) is 59.4. The minimum Gasteiger partial charge on any atom is -0.515 e. The summed E-state index contributed by atoms with van der Waals surface area (Å²) in [5.41, 5.74) is 12.6. The molecule has 0 amide bonds. The molecule has 538 valence electrons. The number of nitrogens with zero attached hydrogens (tertiary/aromatic N) is 14. The number of allylic oxidation sites excluding steroid dienone is 4. The van der Waals surface area contributed by atoms with Crippen molar-refractivity contribution in [3.63, 3.8) is 0 Å². The van der Waals surface area contributed by atoms with Crippen molar-refractivity contribution in [2.45, 2.75) is 192 Å². The van der Waals surface area contributed by atoms with Gasteiger partial charge in [-0.15, -0.1) is 0 Å². The molecule has 12 rings (SSSR count). The molecule has 8 aromatic heterocycles. The number of thiophene rings is 1. The molecular weight excluding hydrogens is 1940 g/mol. The van der Waals surface area contributed by atoms with Crippen LogP contribution in [0.25, 0.3) is 56.9 Å². The fraction of sp³-hybridized carbons (Fsp3) is 0.458. The topological polar surface area (TPSA) is 214 Å². The van der Waals surface area contributed by atoms with E-state index in [0.717, 1.165) is 77.8 Å². The summed E-state index contributed by atoms with van der Waals surface area (Å²) in [6, 6.07) is 23.6. The molecule has 0 spiro atoms. The number of fused-ring (bicyclic) bond motifs is 2. The van der Waals surface area contributed by atoms with Crippen molar-refractivity contribution in [2.75, 3.05) is 0 Å². The van der Waals surface area contributed by atoms with Crippen LogP contribution in [0.15, 0.2) is 139 Å². The second kappa shape index (κ2) is 39.0. The van der Waals surface area contributed by atoms with Crippen molar-refractivity contribution in [1.29, 1.82) is 0 Å². The molecule has 2 aliphatic heterocycles. The van der Waals surface area contributed by atoms with Gasteiger partial charge in [0.1, 0.15) is 31.7 Å². The summed E-state index contributed by atoms with van der Waals surface area (Å²) in [6.45, 7) is 42.2. The normalized spacial score (nSPS) is 14.8. The second-order valence-corrected chi connectivity index (χ2v) is 36.3. The average molecular weight is 2040 g/mol. The number of imidazole rings is 2. The van der Waals surface area contributed by atoms with Crippen LogP contribution >= 0.6 is 11.3 Å². The molecular formula is C72H96CoIrN14O3PdPt2SSi2-4. The van der Waals surface area contributed by atoms with E-state index in [9.17, 15) is 5.11 Å². The summed E-state index contributed by atoms with van der Waals surface area (Å²) in [5.74, 6) is 6.95. The van der Waals surface area contributed by atoms with Gasteiger partial charge in [0.15, 0.2) is 14.0 Å². The van der Waals surface area contributed by atoms with Gasteiger partial charge in [-0.3, -0.25) is 21.4 Å². The summed E-state index contributed by atoms with van der Waals surface area (Å²) in [4.78, 5) is 36.8. The summed E-state index contributed by atoms with van der Waals surface area (Å²) < 4.78 is 14.1. The van der Waals surface area contributed by atoms with Crippen LogP contribution in [0.1, 0.15) is 174 Å². The first-order valence-electron chi connectivity index (χ1n) is 32.8. The Morgan fingerprint density at radius 3 is 2.01 bits per heavy atom. The molecule has 1 N–H and O–H groups in total. The van der Waals surface area contributed by atoms with Gasteiger partial charge in [-0.05, 0) is 120 Å². The van der Waals surface area contributed by atoms with Gasteiger partial charge in [0, 0.05) is 170 Å². The maximum absolute atomic E-state index is 10.8. The fourth-order valence-electron chi connectivity index (χ4n) is 11.3. The Hall–Kier alpha value is -4.62. The van der Waals surface area contributed by atoms with Gasteiger partial charge in [-0.1, -0.05) is 188 Å². The quantitative estimate of drug-likeness (QED) is 0.0589. The minimum absolute atomic E-state index is 0. The smallest absolute Gasteiger partial charge is 0.217 e. The Morgan fingerprint density at radius 2 is 1.40 bits per heavy atom. The summed E-state index contributed by atoms with van der Waals surface area (Å²) in [6.07, 6.45) is 17.9. The molecule has 17 nitrogen and oxygen atoms in total. The van der Waals surface area contributed by atoms with Crippen LogP contribution in [-0.4, -0.2) is 76.2 Å². The first-order chi connectivity index (χ1) is 43.8. The third-order valence-electron chi connectivity index (χ3n) is 17.5. The predicted molar refractivity (Wildman–Crippen MR) is 379 cm³/mol. The van der Waals surface area contributed by atoms with Crippen LogP contribution in [0.3, 0.4) is 0 Å². The molecule has 25 heteroatoms. The Morgan fingerprint density at radius 1 is 0.732 bits per heavy atom. The maximum atomic E-state index is 10.8. The number of oxazole rings is 2. The first kappa shape index (κ1) is 86.6. The molecule has 4 unspecified atom stereocenters. The summed E-state index contributed by atoms with van der Waals surface area (Å²) in [7, 11) is -3.43. The molecule has 2 radical (unpaired) electrons. The summed E-state index contributed by atoms with van der Waals surface area (Å²) >= 11 is 1.80. The molecule has 0 bridgehead atoms. The van der Waals surface area contributed by atoms with Gasteiger partial charge in [-0.25, -0.2) is 31.9 Å². The Balaban J connectivity index is 0.000000312. The first-order valence-corrected chi connectivity index (χ1v) is 39.8. The Bertz CT molecular complexity index is 4090. The molecule has 10 heterocycles. The number of aliphatic hydroxyl groups is 1. The molecule has 0 saturated heterocycles. The number of rotatable bonds is 19. The van der Waals surface area contributed by atoms with Crippen LogP contribution in [-0.2, 0) is 118 Å². The van der Waals surface area contributed by atoms with E-state index < -0.39 is 16.1 Å². The fourth-order valence-corrected chi connectivity index (χ4v) is 18.6. The van der Waals surface area contributed by atoms with E-state index in [4.69, 9.17) is 13.8 Å². The maximum Gasteiger partial charge on any atom is 0.217 e. The number of aliphatic hydroxyl groups excluding tert-OH is 1. The zero-order valence-corrected chi connectivity index (χ0v) is 71.7. The number of hydrogen-bond acceptors (Lipinski definition) is 13. The molecule has 0 fully saturated rings. The molecule has 0 saturated carbocycles. The third kappa shape index (κ3) is 21.7. The van der Waals surface area contributed by atoms with E-state index >= 15 is 0 Å². The molecule has 2 aliphatic rings. The average Bonchev–Trinajstić information content (AvgIpc) is 1.65. The number of hydrogen-bond donors (Lipinski definition) is 1. The molecule has 4 atom stereocenters. The van der Waals surface area contributed by atoms with Gasteiger partial charge in [-0.2, -0.15) is 10.5 Å². The zero-order chi connectivity index (χ0) is 66.7. The second-order valence-electron chi connectivity index (χ2n) is 26.8. The van der Waals surface area contributed by atoms with E-state index in [2.05, 4.69) is 220 Å². The molecule has 2 aromatic carbocycles. The van der Waals surface area contributed by atoms with E-state index in [1.54, 1.807) is 30.7 Å². The van der Waals surface area contributed by atoms with Crippen molar-refractivity contribution < 1.29 is 113 Å². The van der Waals surface area contributed by atoms with Gasteiger partial charge in [0.25, 0.3) is 0 Å². The van der Waals surface area contributed by atoms with Crippen molar-refractivity contribution in [3.8, 4) is 29.2 Å². The van der Waals surface area contributed by atoms with E-state index in [-0.39, 0.29) is 105 Å². The van der Waals surface area contributed by atoms with Crippen molar-refractivity contribution in [1.82, 2.24) is 64.6 Å². The summed E-state index contributed by atoms with van der Waals surface area (Å²) in [5, 5.41) is 33.2. The van der Waals surface area contributed by atoms with Gasteiger partial charge >= 0.3 is 0 Å². The van der Waals surface area contributed by atoms with E-state index in [0.29, 0.717) is 76.0 Å². The molecule has 97 heavy (non-hydrogen) atoms. The Labute approximate surface area is 647 Å². The number of aliphatic imine (C=N–C) groups is 1. The minimum atomic E-state index is -1.90. The van der Waals surface area contributed by atoms with Crippen LogP contribution in [0, 0.1) is 36.7 Å². The van der Waals surface area contributed by atoms with Crippen molar-refractivity contribution in [2.24, 2.45) is 28.7 Å². The number of aromatic nitrogens is 13. The van der Waals surface area contributed by atoms with Gasteiger partial charge in [0.2, 0.25) is 5.89 Å². The number of benzene rings is 2. The molecule has 10 aromatic rings. The standard InChI is InChI=1S/C17H28N2OSi.C16H24NSSi.C14H15N4.C14H14N3O.C11H15N4O.Co.Ir.Pd.2Pt/c1-7-13(4)16-11-15(17(20)21(16,5)6)19-14(8-9-18-19)10-12(2)3;1-7-12(2)13-11-19(5,6)15(17-13)16(3,4)14-9-8-10-18-14;1-3-10(2)13-8-9-15-18(13)14-16-11-6-4-5-7-12(11)17-14;1-3-9(2)10-4-5-11-12(8-10)17-13(16-11)14-15-6-7-18-14;1-7(2)4-5-10-13-11(15-14-10)9-6-16-8(3)12-9;;;;;/h8-9,11-13,20H,7,10H2,1-6H3;8,10-12H,7H2,1-6H3;4-10H,3H2,1-2H3;4-9H,3H2,1-2H3;6-7H,4-5H2,1-3H3;;;;;/q;4*-1;;;;;. The SMILES string of the molecule is CCC(C)C1=CC(n2nccc2CC(C)C)=C(O)[Si]1(C)C.CCC(C)C1=C[Si](C)(C)C(C(C)(C)c2[c-]ccs2)=N1.CCC(C)c1ccc2[n-]c(-c3ncco3)nc2c1.CCC(C)c1ccnn1-c1nc2ccccc2[n-]1.Cc1nc(-c2nc(CCC(C)C)n[n-]2)co1.[Co].[Ir].[Pd].[Pt].[Pt]. The molecule has 0 aliphatic carbocycles. The number of aryl methyl sites for hydroxylation is 2. The van der Waals surface area contributed by atoms with Crippen LogP contribution < -0.4 is 15.1 Å². The van der Waals surface area contributed by atoms with Crippen molar-refractivity contribution in [3.05, 3.63) is 165 Å². The predicted octanol–water partition coefficient (Wildman–Crippen LogP) is 17.8. The monoisotopic (exact) mass is 2040 g/mol. The van der Waals surface area contributed by atoms with Crippen LogP contribution in [0.4, 0.5) is 0 Å². The van der Waals surface area contributed by atoms with Crippen molar-refractivity contribution >= 4 is 60.6 Å². The van der Waals surface area contributed by atoms with Crippen LogP contribution in [0.5, 0.6) is 0 Å². The van der Waals surface area contributed by atoms with Gasteiger partial charge < -0.3 is 48.6 Å². The van der Waals surface area contributed by atoms with Crippen LogP contribution in [0.2, 0.25) is 26.2 Å².